The molecule has 1 heterocycles. The summed E-state index contributed by atoms with van der Waals surface area (Å²) in [5.41, 5.74) is 4.87. The summed E-state index contributed by atoms with van der Waals surface area (Å²) >= 11 is 0. The lowest BCUT2D eigenvalue weighted by atomic mass is 9.78. The molecular formula is C25H25BFN3O5. The van der Waals surface area contributed by atoms with Gasteiger partial charge in [-0.1, -0.05) is 6.07 Å². The van der Waals surface area contributed by atoms with Crippen molar-refractivity contribution in [2.45, 2.75) is 13.3 Å². The summed E-state index contributed by atoms with van der Waals surface area (Å²) < 4.78 is 24.9. The maximum Gasteiger partial charge on any atom is 0.496 e. The first kappa shape index (κ1) is 24.2. The number of carbonyl (C=O) groups excluding carboxylic acids is 1. The van der Waals surface area contributed by atoms with Crippen LogP contribution < -0.4 is 20.3 Å². The van der Waals surface area contributed by atoms with Crippen LogP contribution in [0.1, 0.15) is 29.4 Å². The molecule has 10 heteroatoms. The molecule has 4 N–H and O–H groups in total. The van der Waals surface area contributed by atoms with Crippen molar-refractivity contribution in [1.82, 2.24) is 15.3 Å². The number of hydrogen-bond acceptors (Lipinski definition) is 6. The standard InChI is InChI=1S/C25H25BFN3O5/c1-14-18(8-15-9-21(34-2)25(26(32)33)22(10-15)35-3)17-5-4-16(27)11-19(17)20(14)13-30-24(31)12-23-28-6-7-29-23/h4-11,32-33H,12-13H2,1-3H3,(H,28,29)(H,30,31). The van der Waals surface area contributed by atoms with E-state index < -0.39 is 7.12 Å². The van der Waals surface area contributed by atoms with E-state index in [1.54, 1.807) is 30.6 Å². The Hall–Kier alpha value is -3.89. The molecule has 3 aromatic rings. The molecule has 0 spiro atoms. The quantitative estimate of drug-likeness (QED) is 0.369. The van der Waals surface area contributed by atoms with Gasteiger partial charge in [0.2, 0.25) is 5.91 Å². The number of carbonyl (C=O) groups is 1. The molecule has 8 nitrogen and oxygen atoms in total. The number of methoxy groups -OCH3 is 2. The predicted octanol–water partition coefficient (Wildman–Crippen LogP) is 1.93. The highest BCUT2D eigenvalue weighted by Gasteiger charge is 2.26. The third kappa shape index (κ3) is 4.98. The molecule has 0 saturated carbocycles. The zero-order chi connectivity index (χ0) is 25.1. The first-order valence-corrected chi connectivity index (χ1v) is 10.9. The van der Waals surface area contributed by atoms with E-state index in [0.29, 0.717) is 17.0 Å². The number of imidazole rings is 1. The molecule has 0 aliphatic heterocycles. The molecule has 0 saturated heterocycles. The van der Waals surface area contributed by atoms with E-state index in [0.717, 1.165) is 22.3 Å². The summed E-state index contributed by atoms with van der Waals surface area (Å²) in [6.45, 7) is 2.14. The number of hydrogen-bond donors (Lipinski definition) is 4. The monoisotopic (exact) mass is 477 g/mol. The number of benzene rings is 2. The number of allylic oxidation sites excluding steroid dienone is 2. The van der Waals surface area contributed by atoms with Gasteiger partial charge in [0.25, 0.3) is 0 Å². The number of aromatic nitrogens is 2. The minimum atomic E-state index is -1.77. The Morgan fingerprint density at radius 2 is 1.89 bits per heavy atom. The van der Waals surface area contributed by atoms with E-state index in [1.807, 2.05) is 13.0 Å². The van der Waals surface area contributed by atoms with Crippen LogP contribution in [-0.2, 0) is 11.2 Å². The van der Waals surface area contributed by atoms with Gasteiger partial charge in [-0.15, -0.1) is 0 Å². The fourth-order valence-electron chi connectivity index (χ4n) is 4.24. The molecule has 1 aromatic heterocycles. The molecule has 1 amide bonds. The Labute approximate surface area is 202 Å². The minimum absolute atomic E-state index is 0.112. The van der Waals surface area contributed by atoms with E-state index in [2.05, 4.69) is 15.3 Å². The number of ether oxygens (including phenoxy) is 2. The Morgan fingerprint density at radius 1 is 1.17 bits per heavy atom. The maximum absolute atomic E-state index is 14.2. The van der Waals surface area contributed by atoms with Crippen LogP contribution in [0.25, 0.3) is 17.2 Å². The third-order valence-corrected chi connectivity index (χ3v) is 5.93. The topological polar surface area (TPSA) is 117 Å². The molecule has 0 bridgehead atoms. The van der Waals surface area contributed by atoms with Gasteiger partial charge in [-0.05, 0) is 70.7 Å². The average molecular weight is 477 g/mol. The molecular weight excluding hydrogens is 452 g/mol. The van der Waals surface area contributed by atoms with Crippen LogP contribution in [-0.4, -0.2) is 53.8 Å². The SMILES string of the molecule is COc1cc(C=C2C(C)=C(CNC(=O)Cc3ncc[nH]3)c3cc(F)ccc32)cc(OC)c1B(O)O. The number of aromatic amines is 1. The lowest BCUT2D eigenvalue weighted by Gasteiger charge is -2.14. The summed E-state index contributed by atoms with van der Waals surface area (Å²) in [5.74, 6) is 0.502. The van der Waals surface area contributed by atoms with Crippen LogP contribution in [0.5, 0.6) is 11.5 Å². The third-order valence-electron chi connectivity index (χ3n) is 5.93. The summed E-state index contributed by atoms with van der Waals surface area (Å²) in [7, 11) is 1.09. The van der Waals surface area contributed by atoms with Crippen LogP contribution in [0.2, 0.25) is 0 Å². The Morgan fingerprint density at radius 3 is 2.49 bits per heavy atom. The van der Waals surface area contributed by atoms with Crippen LogP contribution in [0, 0.1) is 5.82 Å². The molecule has 0 radical (unpaired) electrons. The van der Waals surface area contributed by atoms with Crippen molar-refractivity contribution >= 4 is 35.7 Å². The molecule has 4 rings (SSSR count). The van der Waals surface area contributed by atoms with Crippen LogP contribution in [0.4, 0.5) is 4.39 Å². The van der Waals surface area contributed by atoms with Crippen molar-refractivity contribution in [2.75, 3.05) is 20.8 Å². The highest BCUT2D eigenvalue weighted by Crippen LogP contribution is 2.42. The van der Waals surface area contributed by atoms with E-state index in [9.17, 15) is 19.2 Å². The fraction of sp³-hybridized carbons (Fsp3) is 0.200. The number of rotatable bonds is 8. The van der Waals surface area contributed by atoms with Crippen LogP contribution in [0.15, 0.2) is 48.3 Å². The Balaban J connectivity index is 1.71. The number of amides is 1. The fourth-order valence-corrected chi connectivity index (χ4v) is 4.24. The van der Waals surface area contributed by atoms with Gasteiger partial charge in [-0.2, -0.15) is 0 Å². The lowest BCUT2D eigenvalue weighted by Crippen LogP contribution is -2.32. The Kier molecular flexibility index (Phi) is 7.04. The summed E-state index contributed by atoms with van der Waals surface area (Å²) in [4.78, 5) is 19.4. The molecule has 1 aliphatic rings. The van der Waals surface area contributed by atoms with Gasteiger partial charge in [0.15, 0.2) is 0 Å². The largest absolute Gasteiger partial charge is 0.497 e. The van der Waals surface area contributed by atoms with Crippen molar-refractivity contribution in [3.8, 4) is 11.5 Å². The number of fused-ring (bicyclic) bond motifs is 1. The number of H-pyrrole nitrogens is 1. The average Bonchev–Trinajstić information content (AvgIpc) is 3.43. The van der Waals surface area contributed by atoms with Gasteiger partial charge in [0.1, 0.15) is 23.1 Å². The van der Waals surface area contributed by atoms with E-state index >= 15 is 0 Å². The maximum atomic E-state index is 14.2. The van der Waals surface area contributed by atoms with Gasteiger partial charge >= 0.3 is 7.12 Å². The molecule has 0 atom stereocenters. The minimum Gasteiger partial charge on any atom is -0.497 e. The van der Waals surface area contributed by atoms with E-state index in [1.165, 1.54) is 26.4 Å². The second-order valence-corrected chi connectivity index (χ2v) is 8.05. The van der Waals surface area contributed by atoms with Gasteiger partial charge in [-0.3, -0.25) is 4.79 Å². The lowest BCUT2D eigenvalue weighted by molar-refractivity contribution is -0.120. The normalized spacial score (nSPS) is 13.7. The molecule has 0 fully saturated rings. The highest BCUT2D eigenvalue weighted by atomic mass is 19.1. The Bertz CT molecular complexity index is 1290. The molecule has 180 valence electrons. The predicted molar refractivity (Wildman–Crippen MR) is 132 cm³/mol. The van der Waals surface area contributed by atoms with E-state index in [4.69, 9.17) is 9.47 Å². The summed E-state index contributed by atoms with van der Waals surface area (Å²) in [6.07, 6.45) is 5.24. The molecule has 0 unspecified atom stereocenters. The van der Waals surface area contributed by atoms with Crippen molar-refractivity contribution in [2.24, 2.45) is 0 Å². The van der Waals surface area contributed by atoms with Crippen LogP contribution >= 0.6 is 0 Å². The second-order valence-electron chi connectivity index (χ2n) is 8.05. The second kappa shape index (κ2) is 10.2. The van der Waals surface area contributed by atoms with Gasteiger partial charge in [0, 0.05) is 18.9 Å². The summed E-state index contributed by atoms with van der Waals surface area (Å²) in [6, 6.07) is 7.90. The molecule has 1 aliphatic carbocycles. The number of nitrogens with one attached hydrogen (secondary N) is 2. The van der Waals surface area contributed by atoms with Gasteiger partial charge in [0.05, 0.1) is 26.1 Å². The van der Waals surface area contributed by atoms with Crippen LogP contribution in [0.3, 0.4) is 0 Å². The zero-order valence-corrected chi connectivity index (χ0v) is 19.6. The first-order valence-electron chi connectivity index (χ1n) is 10.9. The highest BCUT2D eigenvalue weighted by molar-refractivity contribution is 6.61. The summed E-state index contributed by atoms with van der Waals surface area (Å²) in [5, 5.41) is 22.4. The first-order chi connectivity index (χ1) is 16.8. The van der Waals surface area contributed by atoms with E-state index in [-0.39, 0.29) is 41.7 Å². The van der Waals surface area contributed by atoms with Crippen molar-refractivity contribution in [1.29, 1.82) is 0 Å². The van der Waals surface area contributed by atoms with Crippen molar-refractivity contribution in [3.05, 3.63) is 76.6 Å². The number of halogens is 1. The van der Waals surface area contributed by atoms with Crippen molar-refractivity contribution < 1.29 is 28.7 Å². The smallest absolute Gasteiger partial charge is 0.496 e. The van der Waals surface area contributed by atoms with Crippen molar-refractivity contribution in [3.63, 3.8) is 0 Å². The van der Waals surface area contributed by atoms with Gasteiger partial charge in [-0.25, -0.2) is 9.37 Å². The molecule has 2 aromatic carbocycles. The molecule has 35 heavy (non-hydrogen) atoms. The zero-order valence-electron chi connectivity index (χ0n) is 19.6. The number of nitrogens with zero attached hydrogens (tertiary/aromatic N) is 1. The van der Waals surface area contributed by atoms with Gasteiger partial charge < -0.3 is 29.8 Å².